The standard InChI is InChI=1S/C19H25N7O3/c1-19(2)6-7-25(16(20)27)11-14(19)22-17-21-10-13-15(23-17)26(18(28)24(13)3)12-4-8-29-9-5-12/h6-7,10-12H,4-5,8-9H2,1-3H3,(H2,20,27)(H,21,22,23). The topological polar surface area (TPSA) is 120 Å². The van der Waals surface area contributed by atoms with Crippen LogP contribution >= 0.6 is 0 Å². The van der Waals surface area contributed by atoms with E-state index in [0.29, 0.717) is 36.0 Å². The monoisotopic (exact) mass is 399 g/mol. The highest BCUT2D eigenvalue weighted by Gasteiger charge is 2.28. The largest absolute Gasteiger partial charge is 0.381 e. The third-order valence-electron chi connectivity index (χ3n) is 5.50. The van der Waals surface area contributed by atoms with Crippen LogP contribution in [0, 0.1) is 5.41 Å². The molecule has 154 valence electrons. The second-order valence-electron chi connectivity index (χ2n) is 7.91. The molecule has 0 unspecified atom stereocenters. The van der Waals surface area contributed by atoms with E-state index in [2.05, 4.69) is 15.3 Å². The van der Waals surface area contributed by atoms with Gasteiger partial charge in [0.25, 0.3) is 0 Å². The summed E-state index contributed by atoms with van der Waals surface area (Å²) in [4.78, 5) is 34.7. The number of fused-ring (bicyclic) bond motifs is 1. The number of nitrogens with two attached hydrogens (primary N) is 1. The molecule has 0 radical (unpaired) electrons. The number of aryl methyl sites for hydroxylation is 1. The summed E-state index contributed by atoms with van der Waals surface area (Å²) in [5.74, 6) is 0.350. The van der Waals surface area contributed by atoms with Crippen LogP contribution in [-0.2, 0) is 11.8 Å². The Morgan fingerprint density at radius 1 is 1.34 bits per heavy atom. The Hall–Kier alpha value is -3.14. The number of imidazole rings is 1. The zero-order chi connectivity index (χ0) is 20.8. The van der Waals surface area contributed by atoms with Crippen molar-refractivity contribution in [3.8, 4) is 0 Å². The Bertz CT molecular complexity index is 1070. The van der Waals surface area contributed by atoms with Crippen molar-refractivity contribution in [3.63, 3.8) is 0 Å². The van der Waals surface area contributed by atoms with Gasteiger partial charge >= 0.3 is 11.7 Å². The Kier molecular flexibility index (Phi) is 4.65. The van der Waals surface area contributed by atoms with Crippen molar-refractivity contribution in [1.82, 2.24) is 24.0 Å². The van der Waals surface area contributed by atoms with Gasteiger partial charge in [-0.15, -0.1) is 0 Å². The third-order valence-corrected chi connectivity index (χ3v) is 5.50. The second-order valence-corrected chi connectivity index (χ2v) is 7.91. The zero-order valence-corrected chi connectivity index (χ0v) is 16.8. The van der Waals surface area contributed by atoms with Crippen LogP contribution < -0.4 is 16.7 Å². The molecule has 0 spiro atoms. The summed E-state index contributed by atoms with van der Waals surface area (Å²) in [5.41, 5.74) is 6.87. The highest BCUT2D eigenvalue weighted by atomic mass is 16.5. The molecular formula is C19H25N7O3. The minimum Gasteiger partial charge on any atom is -0.381 e. The van der Waals surface area contributed by atoms with Gasteiger partial charge in [-0.3, -0.25) is 14.0 Å². The van der Waals surface area contributed by atoms with Crippen molar-refractivity contribution in [2.75, 3.05) is 18.5 Å². The molecule has 4 heterocycles. The number of nitrogens with zero attached hydrogens (tertiary/aromatic N) is 5. The first-order valence-electron chi connectivity index (χ1n) is 9.56. The van der Waals surface area contributed by atoms with E-state index in [0.717, 1.165) is 12.8 Å². The Balaban J connectivity index is 1.74. The smallest absolute Gasteiger partial charge is 0.330 e. The number of hydrogen-bond donors (Lipinski definition) is 2. The van der Waals surface area contributed by atoms with Gasteiger partial charge in [0, 0.05) is 49.8 Å². The van der Waals surface area contributed by atoms with E-state index in [1.807, 2.05) is 19.9 Å². The number of anilines is 1. The molecule has 10 heteroatoms. The lowest BCUT2D eigenvalue weighted by Crippen LogP contribution is -2.33. The van der Waals surface area contributed by atoms with Crippen LogP contribution in [0.5, 0.6) is 0 Å². The number of rotatable bonds is 3. The van der Waals surface area contributed by atoms with Crippen molar-refractivity contribution in [3.05, 3.63) is 40.9 Å². The maximum atomic E-state index is 12.8. The quantitative estimate of drug-likeness (QED) is 0.810. The molecule has 3 N–H and O–H groups in total. The number of carbonyl (C=O) groups excluding carboxylic acids is 1. The predicted molar refractivity (Wildman–Crippen MR) is 108 cm³/mol. The SMILES string of the molecule is Cn1c(=O)n(C2CCOCC2)c2nc(NC3=CN(C(N)=O)C=CC3(C)C)ncc21. The fourth-order valence-electron chi connectivity index (χ4n) is 3.62. The molecule has 2 aromatic heterocycles. The van der Waals surface area contributed by atoms with E-state index < -0.39 is 6.03 Å². The molecule has 1 saturated heterocycles. The predicted octanol–water partition coefficient (Wildman–Crippen LogP) is 1.67. The Morgan fingerprint density at radius 3 is 2.76 bits per heavy atom. The zero-order valence-electron chi connectivity index (χ0n) is 16.8. The first kappa shape index (κ1) is 19.2. The number of amides is 2. The van der Waals surface area contributed by atoms with Gasteiger partial charge in [0.2, 0.25) is 5.95 Å². The lowest BCUT2D eigenvalue weighted by Gasteiger charge is -2.30. The van der Waals surface area contributed by atoms with Gasteiger partial charge in [-0.25, -0.2) is 14.6 Å². The fraction of sp³-hybridized carbons (Fsp3) is 0.474. The molecule has 2 aromatic rings. The van der Waals surface area contributed by atoms with E-state index in [9.17, 15) is 9.59 Å². The normalized spacial score (nSPS) is 19.4. The van der Waals surface area contributed by atoms with E-state index >= 15 is 0 Å². The molecule has 0 aromatic carbocycles. The average Bonchev–Trinajstić information content (AvgIpc) is 2.94. The van der Waals surface area contributed by atoms with Crippen molar-refractivity contribution in [1.29, 1.82) is 0 Å². The van der Waals surface area contributed by atoms with Crippen molar-refractivity contribution < 1.29 is 9.53 Å². The highest BCUT2D eigenvalue weighted by molar-refractivity contribution is 5.75. The minimum absolute atomic E-state index is 0.0429. The van der Waals surface area contributed by atoms with Crippen LogP contribution in [-0.4, -0.2) is 43.2 Å². The third kappa shape index (κ3) is 3.39. The van der Waals surface area contributed by atoms with Crippen LogP contribution in [0.3, 0.4) is 0 Å². The number of ether oxygens (including phenoxy) is 1. The summed E-state index contributed by atoms with van der Waals surface area (Å²) in [6.45, 7) is 5.25. The molecule has 0 saturated carbocycles. The number of carbonyl (C=O) groups is 1. The number of allylic oxidation sites excluding steroid dienone is 1. The van der Waals surface area contributed by atoms with E-state index in [1.54, 1.807) is 34.8 Å². The van der Waals surface area contributed by atoms with Gasteiger partial charge in [0.05, 0.1) is 6.20 Å². The van der Waals surface area contributed by atoms with Crippen molar-refractivity contribution in [2.45, 2.75) is 32.7 Å². The lowest BCUT2D eigenvalue weighted by atomic mass is 9.88. The molecular weight excluding hydrogens is 374 g/mol. The van der Waals surface area contributed by atoms with Gasteiger partial charge < -0.3 is 15.8 Å². The van der Waals surface area contributed by atoms with E-state index in [-0.39, 0.29) is 17.1 Å². The van der Waals surface area contributed by atoms with Crippen molar-refractivity contribution in [2.24, 2.45) is 18.2 Å². The van der Waals surface area contributed by atoms with Crippen LogP contribution in [0.25, 0.3) is 11.2 Å². The summed E-state index contributed by atoms with van der Waals surface area (Å²) in [5, 5.41) is 3.20. The summed E-state index contributed by atoms with van der Waals surface area (Å²) in [6, 6.07) is -0.537. The first-order chi connectivity index (χ1) is 13.8. The van der Waals surface area contributed by atoms with Crippen LogP contribution in [0.2, 0.25) is 0 Å². The van der Waals surface area contributed by atoms with E-state index in [4.69, 9.17) is 10.5 Å². The Labute approximate surface area is 167 Å². The molecule has 2 aliphatic heterocycles. The lowest BCUT2D eigenvalue weighted by molar-refractivity contribution is 0.0695. The molecule has 29 heavy (non-hydrogen) atoms. The number of aromatic nitrogens is 4. The molecule has 0 bridgehead atoms. The number of hydrogen-bond acceptors (Lipinski definition) is 6. The van der Waals surface area contributed by atoms with Crippen LogP contribution in [0.4, 0.5) is 10.7 Å². The molecule has 10 nitrogen and oxygen atoms in total. The van der Waals surface area contributed by atoms with Gasteiger partial charge in [-0.1, -0.05) is 19.9 Å². The molecule has 2 amide bonds. The number of nitrogens with one attached hydrogen (secondary N) is 1. The number of urea groups is 1. The van der Waals surface area contributed by atoms with Crippen molar-refractivity contribution >= 4 is 23.1 Å². The van der Waals surface area contributed by atoms with E-state index in [1.165, 1.54) is 4.90 Å². The summed E-state index contributed by atoms with van der Waals surface area (Å²) >= 11 is 0. The average molecular weight is 399 g/mol. The molecule has 1 fully saturated rings. The molecule has 0 aliphatic carbocycles. The molecule has 0 atom stereocenters. The summed E-state index contributed by atoms with van der Waals surface area (Å²) in [6.07, 6.45) is 8.31. The van der Waals surface area contributed by atoms with Gasteiger partial charge in [-0.2, -0.15) is 4.98 Å². The van der Waals surface area contributed by atoms with Crippen LogP contribution in [0.1, 0.15) is 32.7 Å². The van der Waals surface area contributed by atoms with Gasteiger partial charge in [0.15, 0.2) is 5.65 Å². The number of primary amides is 1. The van der Waals surface area contributed by atoms with Crippen LogP contribution in [0.15, 0.2) is 35.2 Å². The molecule has 4 rings (SSSR count). The first-order valence-corrected chi connectivity index (χ1v) is 9.56. The second kappa shape index (κ2) is 7.03. The maximum Gasteiger partial charge on any atom is 0.330 e. The summed E-state index contributed by atoms with van der Waals surface area (Å²) < 4.78 is 8.74. The highest BCUT2D eigenvalue weighted by Crippen LogP contribution is 2.32. The molecule has 2 aliphatic rings. The maximum absolute atomic E-state index is 12.8. The minimum atomic E-state index is -0.580. The fourth-order valence-corrected chi connectivity index (χ4v) is 3.62. The summed E-state index contributed by atoms with van der Waals surface area (Å²) in [7, 11) is 1.72. The Morgan fingerprint density at radius 2 is 2.07 bits per heavy atom. The van der Waals surface area contributed by atoms with Gasteiger partial charge in [0.1, 0.15) is 5.52 Å². The van der Waals surface area contributed by atoms with Gasteiger partial charge in [-0.05, 0) is 12.8 Å².